The Kier molecular flexibility index (Phi) is 12.5. The van der Waals surface area contributed by atoms with Crippen LogP contribution in [0.4, 0.5) is 51.2 Å². The van der Waals surface area contributed by atoms with Gasteiger partial charge >= 0.3 is 0 Å². The van der Waals surface area contributed by atoms with Crippen LogP contribution in [0.25, 0.3) is 55.3 Å². The molecule has 12 aromatic rings. The predicted octanol–water partition coefficient (Wildman–Crippen LogP) is 18.8. The molecule has 1 aliphatic carbocycles. The highest BCUT2D eigenvalue weighted by molar-refractivity contribution is 7.17. The average Bonchev–Trinajstić information content (AvgIpc) is 1.19. The second-order valence-electron chi connectivity index (χ2n) is 24.5. The summed E-state index contributed by atoms with van der Waals surface area (Å²) in [5.74, 6) is 0.530. The van der Waals surface area contributed by atoms with E-state index in [0.717, 1.165) is 76.7 Å². The second-order valence-corrected chi connectivity index (χ2v) is 25.5. The number of hydrogen-bond donors (Lipinski definition) is 0. The van der Waals surface area contributed by atoms with Crippen LogP contribution in [0.5, 0.6) is 0 Å². The van der Waals surface area contributed by atoms with Crippen LogP contribution in [0.1, 0.15) is 86.6 Å². The van der Waals surface area contributed by atoms with Gasteiger partial charge in [-0.2, -0.15) is 0 Å². The van der Waals surface area contributed by atoms with E-state index in [1.165, 1.54) is 109 Å². The topological polar surface area (TPSA) is 22.9 Å². The first-order valence-corrected chi connectivity index (χ1v) is 30.7. The number of thiophene rings is 1. The minimum absolute atomic E-state index is 0.0602. The van der Waals surface area contributed by atoms with Crippen LogP contribution < -0.4 is 40.8 Å². The Morgan fingerprint density at radius 2 is 1.25 bits per heavy atom. The van der Waals surface area contributed by atoms with Crippen molar-refractivity contribution in [1.29, 1.82) is 0 Å². The minimum Gasteiger partial charge on any atom is -0.455 e. The van der Waals surface area contributed by atoms with Gasteiger partial charge in [-0.25, -0.2) is 0 Å². The van der Waals surface area contributed by atoms with Crippen molar-refractivity contribution in [2.45, 2.75) is 78.1 Å². The average molecular weight is 1100 g/mol. The smallest absolute Gasteiger partial charge is 0.252 e. The van der Waals surface area contributed by atoms with E-state index in [9.17, 15) is 0 Å². The summed E-state index contributed by atoms with van der Waals surface area (Å²) in [6.45, 7) is 20.7. The van der Waals surface area contributed by atoms with Gasteiger partial charge in [-0.3, -0.25) is 0 Å². The third-order valence-corrected chi connectivity index (χ3v) is 19.6. The number of rotatable bonds is 9. The third-order valence-electron chi connectivity index (χ3n) is 18.3. The fraction of sp³-hybridized carbons (Fsp3) is 0.154. The molecule has 10 aromatic carbocycles. The van der Waals surface area contributed by atoms with Crippen LogP contribution in [0.2, 0.25) is 0 Å². The van der Waals surface area contributed by atoms with Crippen LogP contribution in [0.3, 0.4) is 0 Å². The Morgan fingerprint density at radius 1 is 0.595 bits per heavy atom. The number of nitrogens with zero attached hydrogens (tertiary/aromatic N) is 3. The Labute approximate surface area is 497 Å². The van der Waals surface area contributed by atoms with E-state index >= 15 is 0 Å². The fourth-order valence-corrected chi connectivity index (χ4v) is 15.5. The molecule has 0 amide bonds. The normalized spacial score (nSPS) is 14.4. The van der Waals surface area contributed by atoms with Crippen molar-refractivity contribution in [1.82, 2.24) is 0 Å². The van der Waals surface area contributed by atoms with E-state index < -0.39 is 0 Å². The van der Waals surface area contributed by atoms with Gasteiger partial charge in [0.2, 0.25) is 0 Å². The molecule has 6 heteroatoms. The van der Waals surface area contributed by atoms with Crippen LogP contribution in [0, 0.1) is 13.8 Å². The second kappa shape index (κ2) is 20.4. The maximum absolute atomic E-state index is 6.62. The van der Waals surface area contributed by atoms with E-state index in [4.69, 9.17) is 4.42 Å². The molecule has 2 aromatic heterocycles. The molecule has 0 radical (unpaired) electrons. The molecule has 408 valence electrons. The number of aryl methyl sites for hydroxylation is 2. The Hall–Kier alpha value is -9.10. The van der Waals surface area contributed by atoms with Gasteiger partial charge in [0.15, 0.2) is 0 Å². The molecule has 0 spiro atoms. The molecule has 0 bridgehead atoms. The van der Waals surface area contributed by atoms with E-state index in [-0.39, 0.29) is 12.1 Å². The summed E-state index contributed by atoms with van der Waals surface area (Å²) in [6, 6.07) is 79.2. The van der Waals surface area contributed by atoms with Gasteiger partial charge < -0.3 is 19.1 Å². The van der Waals surface area contributed by atoms with E-state index in [1.807, 2.05) is 6.08 Å². The first kappa shape index (κ1) is 51.8. The first-order valence-electron chi connectivity index (χ1n) is 29.9. The van der Waals surface area contributed by atoms with E-state index in [2.05, 4.69) is 275 Å². The summed E-state index contributed by atoms with van der Waals surface area (Å²) < 4.78 is 9.01. The van der Waals surface area contributed by atoms with Gasteiger partial charge in [0.25, 0.3) is 6.71 Å². The summed E-state index contributed by atoms with van der Waals surface area (Å²) in [5, 5.41) is 4.52. The van der Waals surface area contributed by atoms with Gasteiger partial charge in [-0.15, -0.1) is 11.3 Å². The fourth-order valence-electron chi connectivity index (χ4n) is 14.3. The van der Waals surface area contributed by atoms with Crippen molar-refractivity contribution in [3.8, 4) is 11.1 Å². The van der Waals surface area contributed by atoms with Crippen molar-refractivity contribution >= 4 is 130 Å². The third kappa shape index (κ3) is 8.47. The SMILES string of the molecule is C=C/C(c1cc(C)c(N2c3cc(N(c4ccccc4)c4ccccc4)ccc3B3c4cc(C5CCCCC5)ccc4N(c4ccc(-c5cccc6c5oc5ccccc56)cc4)c4cc(C(C)(C)C)cc2c43)c(C)c1)=c1/sc2ccccc2c1=C. The standard InChI is InChI=1S/C78H66BN3OS/c1-8-61(77-51(4)62-29-19-21-34-73(62)84-77)55-43-49(2)75(50(3)44-55)82-69-48-60(80(57-25-14-10-15-26-57)58-27-16-11-17-28-58)40-41-66(69)79-67-45-54(52-23-12-9-13-24-52)37-42-68(67)81(70-46-56(78(5,6)7)47-71(82)74(70)79)59-38-35-53(36-39-59)63-31-22-32-65-64-30-18-20-33-72(64)83-76(63)65/h8,10-11,14-22,25-48,52H,1,4,9,12-13,23-24H2,2-3,5-7H3/b77-61-. The highest BCUT2D eigenvalue weighted by atomic mass is 32.1. The van der Waals surface area contributed by atoms with Crippen LogP contribution >= 0.6 is 11.3 Å². The quantitative estimate of drug-likeness (QED) is 0.134. The highest BCUT2D eigenvalue weighted by Gasteiger charge is 2.45. The number of furan rings is 1. The zero-order valence-electron chi connectivity index (χ0n) is 48.5. The molecule has 84 heavy (non-hydrogen) atoms. The zero-order valence-corrected chi connectivity index (χ0v) is 49.4. The van der Waals surface area contributed by atoms with E-state index in [0.29, 0.717) is 5.92 Å². The lowest BCUT2D eigenvalue weighted by atomic mass is 9.33. The van der Waals surface area contributed by atoms with E-state index in [1.54, 1.807) is 11.3 Å². The molecule has 1 fully saturated rings. The lowest BCUT2D eigenvalue weighted by Crippen LogP contribution is -2.61. The highest BCUT2D eigenvalue weighted by Crippen LogP contribution is 2.50. The van der Waals surface area contributed by atoms with Crippen molar-refractivity contribution in [2.24, 2.45) is 0 Å². The molecule has 4 nitrogen and oxygen atoms in total. The molecular weight excluding hydrogens is 1040 g/mol. The van der Waals surface area contributed by atoms with Crippen LogP contribution in [-0.2, 0) is 5.41 Å². The van der Waals surface area contributed by atoms with Crippen molar-refractivity contribution in [3.05, 3.63) is 263 Å². The molecule has 0 unspecified atom stereocenters. The summed E-state index contributed by atoms with van der Waals surface area (Å²) in [5.41, 5.74) is 25.6. The van der Waals surface area contributed by atoms with Gasteiger partial charge in [0.1, 0.15) is 11.2 Å². The number of allylic oxidation sites excluding steroid dienone is 1. The maximum atomic E-state index is 6.62. The molecule has 2 aliphatic heterocycles. The number of para-hydroxylation sites is 4. The number of anilines is 9. The van der Waals surface area contributed by atoms with Crippen LogP contribution in [-0.4, -0.2) is 6.71 Å². The molecular formula is C78H66BN3OS. The zero-order chi connectivity index (χ0) is 57.0. The number of benzene rings is 10. The van der Waals surface area contributed by atoms with Crippen molar-refractivity contribution in [3.63, 3.8) is 0 Å². The Morgan fingerprint density at radius 3 is 1.94 bits per heavy atom. The van der Waals surface area contributed by atoms with Gasteiger partial charge in [0, 0.05) is 71.1 Å². The molecule has 0 atom stereocenters. The number of fused-ring (bicyclic) bond motifs is 8. The molecule has 3 aliphatic rings. The summed E-state index contributed by atoms with van der Waals surface area (Å²) >= 11 is 1.80. The largest absolute Gasteiger partial charge is 0.455 e. The molecule has 0 saturated heterocycles. The Bertz CT molecular complexity index is 4650. The predicted molar refractivity (Wildman–Crippen MR) is 361 cm³/mol. The molecule has 15 rings (SSSR count). The van der Waals surface area contributed by atoms with Gasteiger partial charge in [0.05, 0.1) is 5.69 Å². The van der Waals surface area contributed by atoms with Crippen LogP contribution in [0.15, 0.2) is 229 Å². The molecule has 4 heterocycles. The lowest BCUT2D eigenvalue weighted by Gasteiger charge is -2.46. The summed E-state index contributed by atoms with van der Waals surface area (Å²) in [6.07, 6.45) is 8.35. The lowest BCUT2D eigenvalue weighted by molar-refractivity contribution is 0.444. The minimum atomic E-state index is -0.198. The summed E-state index contributed by atoms with van der Waals surface area (Å²) in [4.78, 5) is 7.66. The maximum Gasteiger partial charge on any atom is 0.252 e. The molecule has 1 saturated carbocycles. The molecule has 0 N–H and O–H groups in total. The Balaban J connectivity index is 0.993. The van der Waals surface area contributed by atoms with Crippen molar-refractivity contribution < 1.29 is 4.42 Å². The first-order chi connectivity index (χ1) is 41.0. The van der Waals surface area contributed by atoms with Crippen molar-refractivity contribution in [2.75, 3.05) is 14.7 Å². The van der Waals surface area contributed by atoms with Gasteiger partial charge in [-0.05, 0) is 195 Å². The van der Waals surface area contributed by atoms with Gasteiger partial charge in [-0.1, -0.05) is 181 Å². The summed E-state index contributed by atoms with van der Waals surface area (Å²) in [7, 11) is 0. The monoisotopic (exact) mass is 1100 g/mol. The number of hydrogen-bond acceptors (Lipinski definition) is 5.